The van der Waals surface area contributed by atoms with E-state index in [9.17, 15) is 14.4 Å². The van der Waals surface area contributed by atoms with E-state index < -0.39 is 17.2 Å². The van der Waals surface area contributed by atoms with Gasteiger partial charge in [-0.3, -0.25) is 14.2 Å². The van der Waals surface area contributed by atoms with Crippen LogP contribution in [0.15, 0.2) is 40.2 Å². The van der Waals surface area contributed by atoms with Crippen molar-refractivity contribution in [2.45, 2.75) is 54.3 Å². The fourth-order valence-corrected chi connectivity index (χ4v) is 3.42. The summed E-state index contributed by atoms with van der Waals surface area (Å²) >= 11 is 0. The number of carbonyl (C=O) groups excluding carboxylic acids is 1. The Bertz CT molecular complexity index is 1170. The van der Waals surface area contributed by atoms with Crippen molar-refractivity contribution in [1.29, 1.82) is 0 Å². The number of fused-ring (bicyclic) bond motifs is 1. The van der Waals surface area contributed by atoms with Crippen LogP contribution in [0.1, 0.15) is 33.3 Å². The van der Waals surface area contributed by atoms with Gasteiger partial charge in [-0.05, 0) is 30.9 Å². The lowest BCUT2D eigenvalue weighted by atomic mass is 10.2. The normalized spacial score (nSPS) is 11.6. The lowest BCUT2D eigenvalue weighted by Gasteiger charge is -2.14. The van der Waals surface area contributed by atoms with E-state index in [2.05, 4.69) is 10.3 Å². The van der Waals surface area contributed by atoms with Gasteiger partial charge in [0.1, 0.15) is 6.54 Å². The van der Waals surface area contributed by atoms with Crippen LogP contribution in [-0.2, 0) is 24.4 Å². The van der Waals surface area contributed by atoms with Gasteiger partial charge in [0.2, 0.25) is 5.91 Å². The van der Waals surface area contributed by atoms with E-state index in [1.807, 2.05) is 46.8 Å². The van der Waals surface area contributed by atoms with Crippen molar-refractivity contribution in [3.05, 3.63) is 57.0 Å². The second-order valence-corrected chi connectivity index (χ2v) is 8.56. The molecule has 3 aromatic rings. The van der Waals surface area contributed by atoms with E-state index in [4.69, 9.17) is 0 Å². The van der Waals surface area contributed by atoms with Crippen molar-refractivity contribution in [3.63, 3.8) is 0 Å². The molecule has 0 saturated heterocycles. The number of nitrogens with one attached hydrogen (secondary N) is 1. The lowest BCUT2D eigenvalue weighted by Crippen LogP contribution is -2.43. The lowest BCUT2D eigenvalue weighted by molar-refractivity contribution is -0.116. The number of anilines is 1. The van der Waals surface area contributed by atoms with Crippen LogP contribution in [0.25, 0.3) is 11.2 Å². The second-order valence-electron chi connectivity index (χ2n) is 8.56. The van der Waals surface area contributed by atoms with E-state index in [1.165, 1.54) is 4.57 Å². The van der Waals surface area contributed by atoms with Crippen LogP contribution in [0, 0.1) is 18.8 Å². The molecule has 0 fully saturated rings. The fourth-order valence-electron chi connectivity index (χ4n) is 3.42. The molecule has 30 heavy (non-hydrogen) atoms. The molecule has 1 N–H and O–H groups in total. The molecule has 0 atom stereocenters. The molecule has 8 nitrogen and oxygen atoms in total. The molecule has 2 heterocycles. The Morgan fingerprint density at radius 1 is 1.00 bits per heavy atom. The molecule has 3 rings (SSSR count). The van der Waals surface area contributed by atoms with E-state index >= 15 is 0 Å². The van der Waals surface area contributed by atoms with Gasteiger partial charge < -0.3 is 9.88 Å². The molecule has 0 aliphatic rings. The molecule has 0 radical (unpaired) electrons. The minimum absolute atomic E-state index is 0.175. The summed E-state index contributed by atoms with van der Waals surface area (Å²) in [5.74, 6) is 0.0440. The maximum Gasteiger partial charge on any atom is 0.333 e. The Labute approximate surface area is 175 Å². The molecular weight excluding hydrogens is 382 g/mol. The van der Waals surface area contributed by atoms with E-state index in [1.54, 1.807) is 23.0 Å². The first-order valence-electron chi connectivity index (χ1n) is 10.2. The third kappa shape index (κ3) is 4.53. The highest BCUT2D eigenvalue weighted by Crippen LogP contribution is 2.12. The summed E-state index contributed by atoms with van der Waals surface area (Å²) in [5, 5.41) is 2.75. The van der Waals surface area contributed by atoms with Crippen molar-refractivity contribution in [2.24, 2.45) is 11.8 Å². The minimum Gasteiger partial charge on any atom is -0.325 e. The van der Waals surface area contributed by atoms with Crippen LogP contribution in [0.2, 0.25) is 0 Å². The van der Waals surface area contributed by atoms with Crippen LogP contribution in [0.5, 0.6) is 0 Å². The quantitative estimate of drug-likeness (QED) is 0.647. The van der Waals surface area contributed by atoms with Crippen molar-refractivity contribution in [3.8, 4) is 0 Å². The Balaban J connectivity index is 2.06. The number of aromatic nitrogens is 4. The van der Waals surface area contributed by atoms with Crippen molar-refractivity contribution >= 4 is 22.8 Å². The number of nitrogens with zero attached hydrogens (tertiary/aromatic N) is 4. The average Bonchev–Trinajstić information content (AvgIpc) is 3.07. The zero-order valence-electron chi connectivity index (χ0n) is 18.2. The van der Waals surface area contributed by atoms with Crippen LogP contribution < -0.4 is 16.6 Å². The van der Waals surface area contributed by atoms with E-state index in [-0.39, 0.29) is 12.5 Å². The van der Waals surface area contributed by atoms with Crippen LogP contribution >= 0.6 is 0 Å². The van der Waals surface area contributed by atoms with E-state index in [0.717, 1.165) is 10.1 Å². The summed E-state index contributed by atoms with van der Waals surface area (Å²) in [7, 11) is 0. The smallest absolute Gasteiger partial charge is 0.325 e. The van der Waals surface area contributed by atoms with Crippen molar-refractivity contribution in [2.75, 3.05) is 5.32 Å². The molecule has 1 amide bonds. The molecule has 0 unspecified atom stereocenters. The van der Waals surface area contributed by atoms with Gasteiger partial charge >= 0.3 is 5.69 Å². The average molecular weight is 412 g/mol. The molecule has 0 aliphatic carbocycles. The second kappa shape index (κ2) is 8.69. The summed E-state index contributed by atoms with van der Waals surface area (Å²) in [5.41, 5.74) is 1.40. The number of benzene rings is 1. The highest BCUT2D eigenvalue weighted by atomic mass is 16.2. The van der Waals surface area contributed by atoms with Gasteiger partial charge in [-0.1, -0.05) is 45.4 Å². The highest BCUT2D eigenvalue weighted by molar-refractivity contribution is 5.90. The molecule has 160 valence electrons. The Morgan fingerprint density at radius 3 is 2.23 bits per heavy atom. The van der Waals surface area contributed by atoms with Crippen LogP contribution in [-0.4, -0.2) is 24.6 Å². The maximum atomic E-state index is 13.2. The van der Waals surface area contributed by atoms with Crippen LogP contribution in [0.3, 0.4) is 0 Å². The first-order valence-corrected chi connectivity index (χ1v) is 10.2. The monoisotopic (exact) mass is 411 g/mol. The number of aryl methyl sites for hydroxylation is 1. The van der Waals surface area contributed by atoms with Gasteiger partial charge in [0.15, 0.2) is 11.2 Å². The zero-order valence-corrected chi connectivity index (χ0v) is 18.2. The Morgan fingerprint density at radius 2 is 1.63 bits per heavy atom. The van der Waals surface area contributed by atoms with Crippen molar-refractivity contribution in [1.82, 2.24) is 18.7 Å². The minimum atomic E-state index is -0.518. The third-order valence-electron chi connectivity index (χ3n) is 4.73. The Kier molecular flexibility index (Phi) is 6.24. The SMILES string of the molecule is Cc1ccc(NC(=O)Cn2c(=O)c3c(ncn3CC(C)C)n(CC(C)C)c2=O)cc1. The number of rotatable bonds is 7. The largest absolute Gasteiger partial charge is 0.333 e. The number of carbonyl (C=O) groups is 1. The van der Waals surface area contributed by atoms with Gasteiger partial charge in [-0.15, -0.1) is 0 Å². The molecule has 8 heteroatoms. The number of hydrogen-bond donors (Lipinski definition) is 1. The maximum absolute atomic E-state index is 13.2. The number of hydrogen-bond acceptors (Lipinski definition) is 4. The molecule has 0 spiro atoms. The predicted octanol–water partition coefficient (Wildman–Crippen LogP) is 2.62. The van der Waals surface area contributed by atoms with E-state index in [0.29, 0.717) is 35.9 Å². The predicted molar refractivity (Wildman–Crippen MR) is 118 cm³/mol. The topological polar surface area (TPSA) is 90.9 Å². The number of imidazole rings is 1. The highest BCUT2D eigenvalue weighted by Gasteiger charge is 2.20. The molecule has 0 bridgehead atoms. The van der Waals surface area contributed by atoms with Gasteiger partial charge in [0.05, 0.1) is 6.33 Å². The first kappa shape index (κ1) is 21.5. The standard InChI is InChI=1S/C22H29N5O3/c1-14(2)10-25-13-23-20-19(25)21(29)27(22(30)26(20)11-15(3)4)12-18(28)24-17-8-6-16(5)7-9-17/h6-9,13-15H,10-12H2,1-5H3,(H,24,28). The first-order chi connectivity index (χ1) is 14.2. The van der Waals surface area contributed by atoms with Gasteiger partial charge in [-0.25, -0.2) is 14.3 Å². The molecule has 0 saturated carbocycles. The van der Waals surface area contributed by atoms with Gasteiger partial charge in [0, 0.05) is 18.8 Å². The fraction of sp³-hybridized carbons (Fsp3) is 0.455. The van der Waals surface area contributed by atoms with Crippen molar-refractivity contribution < 1.29 is 4.79 Å². The summed E-state index contributed by atoms with van der Waals surface area (Å²) in [4.78, 5) is 43.2. The summed E-state index contributed by atoms with van der Waals surface area (Å²) < 4.78 is 4.27. The summed E-state index contributed by atoms with van der Waals surface area (Å²) in [6.45, 7) is 10.7. The summed E-state index contributed by atoms with van der Waals surface area (Å²) in [6, 6.07) is 7.34. The zero-order chi connectivity index (χ0) is 22.0. The third-order valence-corrected chi connectivity index (χ3v) is 4.73. The number of amides is 1. The van der Waals surface area contributed by atoms with Gasteiger partial charge in [-0.2, -0.15) is 0 Å². The molecule has 0 aliphatic heterocycles. The Hall–Kier alpha value is -3.16. The molecule has 2 aromatic heterocycles. The summed E-state index contributed by atoms with van der Waals surface area (Å²) in [6.07, 6.45) is 1.60. The van der Waals surface area contributed by atoms with Crippen LogP contribution in [0.4, 0.5) is 5.69 Å². The van der Waals surface area contributed by atoms with Gasteiger partial charge in [0.25, 0.3) is 5.56 Å². The molecule has 1 aromatic carbocycles. The molecular formula is C22H29N5O3.